The van der Waals surface area contributed by atoms with Gasteiger partial charge in [0, 0.05) is 10.6 Å². The van der Waals surface area contributed by atoms with E-state index in [0.29, 0.717) is 41.9 Å². The summed E-state index contributed by atoms with van der Waals surface area (Å²) in [5, 5.41) is 0.676. The molecule has 0 aromatic heterocycles. The predicted octanol–water partition coefficient (Wildman–Crippen LogP) is 6.06. The highest BCUT2D eigenvalue weighted by Gasteiger charge is 2.24. The van der Waals surface area contributed by atoms with Crippen LogP contribution in [-0.4, -0.2) is 25.1 Å². The van der Waals surface area contributed by atoms with E-state index in [-0.39, 0.29) is 11.6 Å². The predicted molar refractivity (Wildman–Crippen MR) is 132 cm³/mol. The van der Waals surface area contributed by atoms with E-state index in [1.54, 1.807) is 18.2 Å². The van der Waals surface area contributed by atoms with Crippen molar-refractivity contribution < 1.29 is 23.7 Å². The highest BCUT2D eigenvalue weighted by Crippen LogP contribution is 2.31. The fourth-order valence-corrected chi connectivity index (χ4v) is 3.42. The van der Waals surface area contributed by atoms with Crippen molar-refractivity contribution in [2.75, 3.05) is 13.2 Å². The summed E-state index contributed by atoms with van der Waals surface area (Å²) in [6.07, 6.45) is 1.66. The van der Waals surface area contributed by atoms with Crippen LogP contribution in [-0.2, 0) is 16.1 Å². The summed E-state index contributed by atoms with van der Waals surface area (Å²) in [6, 6.07) is 20.2. The van der Waals surface area contributed by atoms with Crippen LogP contribution >= 0.6 is 11.6 Å². The quantitative estimate of drug-likeness (QED) is 0.277. The number of hydrogen-bond donors (Lipinski definition) is 0. The Hall–Kier alpha value is -3.77. The fourth-order valence-electron chi connectivity index (χ4n) is 3.29. The smallest absolute Gasteiger partial charge is 0.363 e. The molecule has 0 amide bonds. The van der Waals surface area contributed by atoms with Crippen molar-refractivity contribution in [1.29, 1.82) is 0 Å². The lowest BCUT2D eigenvalue weighted by molar-refractivity contribution is -0.129. The van der Waals surface area contributed by atoms with Crippen molar-refractivity contribution in [3.05, 3.63) is 94.1 Å². The van der Waals surface area contributed by atoms with E-state index in [0.717, 1.165) is 16.9 Å². The molecule has 7 heteroatoms. The number of hydrogen-bond acceptors (Lipinski definition) is 6. The number of rotatable bonds is 9. The minimum absolute atomic E-state index is 0.209. The first-order valence-electron chi connectivity index (χ1n) is 11.0. The molecule has 34 heavy (non-hydrogen) atoms. The van der Waals surface area contributed by atoms with Gasteiger partial charge in [-0.25, -0.2) is 9.79 Å². The molecule has 0 saturated heterocycles. The summed E-state index contributed by atoms with van der Waals surface area (Å²) < 4.78 is 22.5. The molecule has 3 aromatic carbocycles. The molecule has 6 nitrogen and oxygen atoms in total. The van der Waals surface area contributed by atoms with Crippen LogP contribution in [0.25, 0.3) is 6.08 Å². The maximum absolute atomic E-state index is 12.4. The normalized spacial score (nSPS) is 14.0. The van der Waals surface area contributed by atoms with Gasteiger partial charge < -0.3 is 18.9 Å². The molecule has 0 saturated carbocycles. The molecule has 1 aliphatic rings. The van der Waals surface area contributed by atoms with Crippen molar-refractivity contribution in [2.24, 2.45) is 4.99 Å². The SMILES string of the molecule is CCOc1ccc(C2=N/C(=C\c3ccc(OCc4ccc(Cl)cc4)c(OCC)c3)C(=O)O2)cc1. The zero-order valence-electron chi connectivity index (χ0n) is 18.9. The summed E-state index contributed by atoms with van der Waals surface area (Å²) in [5.41, 5.74) is 2.64. The monoisotopic (exact) mass is 477 g/mol. The van der Waals surface area contributed by atoms with Crippen molar-refractivity contribution in [3.63, 3.8) is 0 Å². The van der Waals surface area contributed by atoms with Crippen molar-refractivity contribution in [3.8, 4) is 17.2 Å². The van der Waals surface area contributed by atoms with Crippen LogP contribution < -0.4 is 14.2 Å². The van der Waals surface area contributed by atoms with Crippen LogP contribution in [0.4, 0.5) is 0 Å². The first-order chi connectivity index (χ1) is 16.6. The molecule has 0 spiro atoms. The van der Waals surface area contributed by atoms with E-state index < -0.39 is 5.97 Å². The number of carbonyl (C=O) groups excluding carboxylic acids is 1. The van der Waals surface area contributed by atoms with Gasteiger partial charge in [-0.1, -0.05) is 29.8 Å². The summed E-state index contributed by atoms with van der Waals surface area (Å²) in [4.78, 5) is 16.8. The Kier molecular flexibility index (Phi) is 7.50. The fraction of sp³-hybridized carbons (Fsp3) is 0.185. The molecule has 0 atom stereocenters. The van der Waals surface area contributed by atoms with Gasteiger partial charge in [-0.3, -0.25) is 0 Å². The molecule has 4 rings (SSSR count). The van der Waals surface area contributed by atoms with Crippen LogP contribution in [0.3, 0.4) is 0 Å². The Bertz CT molecular complexity index is 1220. The summed E-state index contributed by atoms with van der Waals surface area (Å²) in [7, 11) is 0. The molecular formula is C27H24ClNO5. The Balaban J connectivity index is 1.52. The number of halogens is 1. The van der Waals surface area contributed by atoms with E-state index in [4.69, 9.17) is 30.5 Å². The Morgan fingerprint density at radius 2 is 1.62 bits per heavy atom. The van der Waals surface area contributed by atoms with E-state index in [2.05, 4.69) is 4.99 Å². The van der Waals surface area contributed by atoms with Gasteiger partial charge in [0.2, 0.25) is 5.90 Å². The number of cyclic esters (lactones) is 1. The van der Waals surface area contributed by atoms with Crippen LogP contribution in [0.15, 0.2) is 77.4 Å². The average Bonchev–Trinajstić information content (AvgIpc) is 3.20. The molecule has 0 aliphatic carbocycles. The molecule has 0 bridgehead atoms. The minimum atomic E-state index is -0.509. The van der Waals surface area contributed by atoms with E-state index in [1.807, 2.05) is 68.4 Å². The Labute approximate surface area is 203 Å². The largest absolute Gasteiger partial charge is 0.494 e. The van der Waals surface area contributed by atoms with Crippen LogP contribution in [0.5, 0.6) is 17.2 Å². The second kappa shape index (κ2) is 10.9. The maximum atomic E-state index is 12.4. The topological polar surface area (TPSA) is 66.3 Å². The van der Waals surface area contributed by atoms with Gasteiger partial charge in [0.25, 0.3) is 0 Å². The number of nitrogens with zero attached hydrogens (tertiary/aromatic N) is 1. The van der Waals surface area contributed by atoms with Crippen molar-refractivity contribution in [2.45, 2.75) is 20.5 Å². The molecule has 1 heterocycles. The Morgan fingerprint density at radius 3 is 2.32 bits per heavy atom. The maximum Gasteiger partial charge on any atom is 0.363 e. The van der Waals surface area contributed by atoms with E-state index >= 15 is 0 Å². The number of carbonyl (C=O) groups is 1. The molecule has 0 unspecified atom stereocenters. The molecule has 0 N–H and O–H groups in total. The third kappa shape index (κ3) is 5.77. The number of benzene rings is 3. The number of esters is 1. The molecule has 3 aromatic rings. The second-order valence-corrected chi connectivity index (χ2v) is 7.78. The van der Waals surface area contributed by atoms with Gasteiger partial charge in [0.15, 0.2) is 17.2 Å². The second-order valence-electron chi connectivity index (χ2n) is 7.35. The molecule has 0 radical (unpaired) electrons. The highest BCUT2D eigenvalue weighted by molar-refractivity contribution is 6.30. The first-order valence-corrected chi connectivity index (χ1v) is 11.3. The Morgan fingerprint density at radius 1 is 0.882 bits per heavy atom. The first kappa shape index (κ1) is 23.4. The molecular weight excluding hydrogens is 454 g/mol. The lowest BCUT2D eigenvalue weighted by atomic mass is 10.1. The third-order valence-corrected chi connectivity index (χ3v) is 5.16. The summed E-state index contributed by atoms with van der Waals surface area (Å²) >= 11 is 5.94. The number of ether oxygens (including phenoxy) is 4. The van der Waals surface area contributed by atoms with Crippen molar-refractivity contribution >= 4 is 29.5 Å². The van der Waals surface area contributed by atoms with E-state index in [1.165, 1.54) is 0 Å². The average molecular weight is 478 g/mol. The van der Waals surface area contributed by atoms with Crippen LogP contribution in [0.2, 0.25) is 5.02 Å². The van der Waals surface area contributed by atoms with Gasteiger partial charge >= 0.3 is 5.97 Å². The zero-order chi connectivity index (χ0) is 23.9. The highest BCUT2D eigenvalue weighted by atomic mass is 35.5. The number of aliphatic imine (C=N–C) groups is 1. The van der Waals surface area contributed by atoms with Gasteiger partial charge in [-0.15, -0.1) is 0 Å². The van der Waals surface area contributed by atoms with Crippen LogP contribution in [0, 0.1) is 0 Å². The van der Waals surface area contributed by atoms with Crippen molar-refractivity contribution in [1.82, 2.24) is 0 Å². The third-order valence-electron chi connectivity index (χ3n) is 4.91. The van der Waals surface area contributed by atoms with E-state index in [9.17, 15) is 4.79 Å². The molecule has 174 valence electrons. The van der Waals surface area contributed by atoms with Gasteiger partial charge in [-0.05, 0) is 79.6 Å². The zero-order valence-corrected chi connectivity index (χ0v) is 19.7. The minimum Gasteiger partial charge on any atom is -0.494 e. The lowest BCUT2D eigenvalue weighted by Crippen LogP contribution is -2.05. The van der Waals surface area contributed by atoms with Gasteiger partial charge in [0.05, 0.1) is 13.2 Å². The molecule has 0 fully saturated rings. The molecule has 1 aliphatic heterocycles. The van der Waals surface area contributed by atoms with Gasteiger partial charge in [0.1, 0.15) is 12.4 Å². The summed E-state index contributed by atoms with van der Waals surface area (Å²) in [6.45, 7) is 5.24. The standard InChI is InChI=1S/C27H24ClNO5/c1-3-31-22-12-8-20(9-13-22)26-29-23(27(30)34-26)15-19-7-14-24(25(16-19)32-4-2)33-17-18-5-10-21(28)11-6-18/h5-16H,3-4,17H2,1-2H3/b23-15-. The van der Waals surface area contributed by atoms with Crippen LogP contribution in [0.1, 0.15) is 30.5 Å². The lowest BCUT2D eigenvalue weighted by Gasteiger charge is -2.13. The van der Waals surface area contributed by atoms with Gasteiger partial charge in [-0.2, -0.15) is 0 Å². The summed E-state index contributed by atoms with van der Waals surface area (Å²) in [5.74, 6) is 1.67.